The van der Waals surface area contributed by atoms with E-state index in [1.54, 1.807) is 4.90 Å². The highest BCUT2D eigenvalue weighted by molar-refractivity contribution is 5.85. The number of aliphatic hydroxyl groups is 1. The normalized spacial score (nSPS) is 51.5. The number of halogens is 1. The lowest BCUT2D eigenvalue weighted by molar-refractivity contribution is -0.177. The van der Waals surface area contributed by atoms with Crippen LogP contribution in [0.4, 0.5) is 0 Å². The number of hydrogen-bond acceptors (Lipinski definition) is 4. The van der Waals surface area contributed by atoms with Crippen LogP contribution in [0, 0.1) is 34.5 Å². The number of hydrogen-bond donors (Lipinski definition) is 2. The lowest BCUT2D eigenvalue weighted by Crippen LogP contribution is -2.64. The highest BCUT2D eigenvalue weighted by Gasteiger charge is 2.62. The SMILES string of the molecule is Cl.N#CC1CC2CC2N1C(=O)C(N)C12CC3CC(CC(O)(C3)C1)C2. The van der Waals surface area contributed by atoms with E-state index in [2.05, 4.69) is 6.07 Å². The molecule has 0 aromatic carbocycles. The molecule has 1 amide bonds. The summed E-state index contributed by atoms with van der Waals surface area (Å²) < 4.78 is 0. The Morgan fingerprint density at radius 2 is 1.88 bits per heavy atom. The molecule has 0 aromatic rings. The van der Waals surface area contributed by atoms with Gasteiger partial charge in [0.05, 0.1) is 17.7 Å². The van der Waals surface area contributed by atoms with Crippen molar-refractivity contribution in [3.63, 3.8) is 0 Å². The predicted molar refractivity (Wildman–Crippen MR) is 90.0 cm³/mol. The molecule has 5 aliphatic carbocycles. The number of piperidine rings is 1. The minimum Gasteiger partial charge on any atom is -0.390 e. The standard InChI is InChI=1S/C18H25N3O2.ClH/c19-8-13-2-12-3-14(12)21(13)16(22)15(20)17-4-10-1-11(5-17)7-18(23,6-10)9-17;/h10-15,23H,1-7,9,20H2;1H. The first kappa shape index (κ1) is 16.6. The molecule has 4 bridgehead atoms. The zero-order valence-electron chi connectivity index (χ0n) is 13.9. The van der Waals surface area contributed by atoms with Crippen LogP contribution in [0.15, 0.2) is 0 Å². The summed E-state index contributed by atoms with van der Waals surface area (Å²) in [5, 5.41) is 20.2. The van der Waals surface area contributed by atoms with Crippen LogP contribution in [0.5, 0.6) is 0 Å². The van der Waals surface area contributed by atoms with Crippen molar-refractivity contribution in [1.29, 1.82) is 5.26 Å². The third-order valence-corrected chi connectivity index (χ3v) is 7.51. The largest absolute Gasteiger partial charge is 0.390 e. The molecule has 6 fully saturated rings. The Labute approximate surface area is 149 Å². The first-order valence-electron chi connectivity index (χ1n) is 9.13. The predicted octanol–water partition coefficient (Wildman–Crippen LogP) is 1.58. The van der Waals surface area contributed by atoms with Crippen LogP contribution in [0.2, 0.25) is 0 Å². The van der Waals surface area contributed by atoms with E-state index in [0.29, 0.717) is 24.2 Å². The molecule has 5 nitrogen and oxygen atoms in total. The van der Waals surface area contributed by atoms with Crippen LogP contribution in [0.25, 0.3) is 0 Å². The molecule has 3 N–H and O–H groups in total. The van der Waals surface area contributed by atoms with E-state index >= 15 is 0 Å². The summed E-state index contributed by atoms with van der Waals surface area (Å²) in [6.45, 7) is 0. The first-order chi connectivity index (χ1) is 10.9. The van der Waals surface area contributed by atoms with Crippen molar-refractivity contribution in [2.75, 3.05) is 0 Å². The number of nitriles is 1. The fraction of sp³-hybridized carbons (Fsp3) is 0.889. The van der Waals surface area contributed by atoms with Crippen LogP contribution in [0.3, 0.4) is 0 Å². The van der Waals surface area contributed by atoms with Gasteiger partial charge in [0.15, 0.2) is 0 Å². The fourth-order valence-electron chi connectivity index (χ4n) is 6.96. The van der Waals surface area contributed by atoms with Crippen molar-refractivity contribution in [3.8, 4) is 6.07 Å². The molecular formula is C18H26ClN3O2. The van der Waals surface area contributed by atoms with Gasteiger partial charge in [-0.3, -0.25) is 4.79 Å². The quantitative estimate of drug-likeness (QED) is 0.790. The Morgan fingerprint density at radius 3 is 2.46 bits per heavy atom. The minimum atomic E-state index is -0.594. The molecule has 6 rings (SSSR count). The molecule has 5 saturated carbocycles. The maximum Gasteiger partial charge on any atom is 0.241 e. The van der Waals surface area contributed by atoms with Crippen LogP contribution < -0.4 is 5.73 Å². The lowest BCUT2D eigenvalue weighted by atomic mass is 9.46. The van der Waals surface area contributed by atoms with Gasteiger partial charge in [-0.15, -0.1) is 12.4 Å². The van der Waals surface area contributed by atoms with Gasteiger partial charge in [0, 0.05) is 6.04 Å². The summed E-state index contributed by atoms with van der Waals surface area (Å²) >= 11 is 0. The van der Waals surface area contributed by atoms with E-state index in [1.807, 2.05) is 0 Å². The maximum atomic E-state index is 13.1. The number of likely N-dealkylation sites (tertiary alicyclic amines) is 1. The molecule has 1 saturated heterocycles. The van der Waals surface area contributed by atoms with Crippen molar-refractivity contribution in [2.45, 2.75) is 75.1 Å². The van der Waals surface area contributed by atoms with Crippen LogP contribution in [-0.4, -0.2) is 39.6 Å². The molecule has 1 heterocycles. The Kier molecular flexibility index (Phi) is 3.53. The number of rotatable bonds is 2. The van der Waals surface area contributed by atoms with Crippen molar-refractivity contribution in [1.82, 2.24) is 4.90 Å². The van der Waals surface area contributed by atoms with Crippen LogP contribution in [0.1, 0.15) is 51.4 Å². The number of nitrogens with two attached hydrogens (primary N) is 1. The highest BCUT2D eigenvalue weighted by Crippen LogP contribution is 2.63. The highest BCUT2D eigenvalue weighted by atomic mass is 35.5. The van der Waals surface area contributed by atoms with Gasteiger partial charge in [-0.1, -0.05) is 0 Å². The summed E-state index contributed by atoms with van der Waals surface area (Å²) in [6, 6.07) is 1.72. The van der Waals surface area contributed by atoms with Crippen molar-refractivity contribution in [2.24, 2.45) is 28.9 Å². The van der Waals surface area contributed by atoms with Crippen LogP contribution in [-0.2, 0) is 4.79 Å². The summed E-state index contributed by atoms with van der Waals surface area (Å²) in [4.78, 5) is 14.9. The number of carbonyl (C=O) groups is 1. The van der Waals surface area contributed by atoms with E-state index in [9.17, 15) is 15.2 Å². The maximum absolute atomic E-state index is 13.1. The van der Waals surface area contributed by atoms with Gasteiger partial charge in [0.2, 0.25) is 5.91 Å². The van der Waals surface area contributed by atoms with Gasteiger partial charge in [-0.25, -0.2) is 0 Å². The molecule has 0 aromatic heterocycles. The van der Waals surface area contributed by atoms with Crippen molar-refractivity contribution in [3.05, 3.63) is 0 Å². The van der Waals surface area contributed by atoms with Crippen LogP contribution >= 0.6 is 12.4 Å². The smallest absolute Gasteiger partial charge is 0.241 e. The second-order valence-electron chi connectivity index (χ2n) is 9.21. The van der Waals surface area contributed by atoms with E-state index in [-0.39, 0.29) is 35.8 Å². The van der Waals surface area contributed by atoms with Gasteiger partial charge < -0.3 is 15.7 Å². The molecule has 24 heavy (non-hydrogen) atoms. The van der Waals surface area contributed by atoms with Crippen molar-refractivity contribution < 1.29 is 9.90 Å². The summed E-state index contributed by atoms with van der Waals surface area (Å²) in [6.07, 6.45) is 7.48. The monoisotopic (exact) mass is 351 g/mol. The Hall–Kier alpha value is -0.830. The molecule has 0 radical (unpaired) electrons. The van der Waals surface area contributed by atoms with Gasteiger partial charge in [0.1, 0.15) is 6.04 Å². The van der Waals surface area contributed by atoms with E-state index < -0.39 is 11.6 Å². The molecule has 6 aliphatic rings. The summed E-state index contributed by atoms with van der Waals surface area (Å²) in [5.74, 6) is 1.56. The Bertz CT molecular complexity index is 604. The van der Waals surface area contributed by atoms with Gasteiger partial charge in [0.25, 0.3) is 0 Å². The zero-order chi connectivity index (χ0) is 16.0. The number of nitrogens with zero attached hydrogens (tertiary/aromatic N) is 2. The number of fused-ring (bicyclic) bond motifs is 1. The lowest BCUT2D eigenvalue weighted by Gasteiger charge is -2.61. The third kappa shape index (κ3) is 2.16. The van der Waals surface area contributed by atoms with E-state index in [4.69, 9.17) is 5.73 Å². The molecular weight excluding hydrogens is 326 g/mol. The van der Waals surface area contributed by atoms with E-state index in [1.165, 1.54) is 6.42 Å². The number of carbonyl (C=O) groups excluding carboxylic acids is 1. The summed E-state index contributed by atoms with van der Waals surface area (Å²) in [5.41, 5.74) is 5.71. The molecule has 6 atom stereocenters. The molecule has 6 heteroatoms. The molecule has 0 spiro atoms. The minimum absolute atomic E-state index is 0. The first-order valence-corrected chi connectivity index (χ1v) is 9.13. The summed E-state index contributed by atoms with van der Waals surface area (Å²) in [7, 11) is 0. The van der Waals surface area contributed by atoms with E-state index in [0.717, 1.165) is 38.5 Å². The molecule has 132 valence electrons. The Morgan fingerprint density at radius 1 is 1.21 bits per heavy atom. The Balaban J connectivity index is 0.00000146. The van der Waals surface area contributed by atoms with Gasteiger partial charge >= 0.3 is 0 Å². The average molecular weight is 352 g/mol. The fourth-order valence-corrected chi connectivity index (χ4v) is 6.96. The van der Waals surface area contributed by atoms with Gasteiger partial charge in [-0.05, 0) is 74.5 Å². The second kappa shape index (κ2) is 5.09. The van der Waals surface area contributed by atoms with Crippen molar-refractivity contribution >= 4 is 18.3 Å². The molecule has 6 unspecified atom stereocenters. The topological polar surface area (TPSA) is 90.4 Å². The average Bonchev–Trinajstić information content (AvgIpc) is 3.14. The van der Waals surface area contributed by atoms with Gasteiger partial charge in [-0.2, -0.15) is 5.26 Å². The molecule has 1 aliphatic heterocycles. The second-order valence-corrected chi connectivity index (χ2v) is 9.21. The number of amides is 1. The zero-order valence-corrected chi connectivity index (χ0v) is 14.7. The third-order valence-electron chi connectivity index (χ3n) is 7.51.